The molecule has 35 heteroatoms. The predicted molar refractivity (Wildman–Crippen MR) is 411 cm³/mol. The van der Waals surface area contributed by atoms with Gasteiger partial charge in [-0.3, -0.25) is 28.5 Å². The molecule has 4 N–H and O–H groups in total. The number of aliphatic hydroxyl groups is 1. The van der Waals surface area contributed by atoms with Crippen LogP contribution in [0, 0.1) is 5.82 Å². The molecule has 8 heterocycles. The van der Waals surface area contributed by atoms with Crippen LogP contribution in [0.15, 0.2) is 214 Å². The van der Waals surface area contributed by atoms with Crippen molar-refractivity contribution in [2.75, 3.05) is 89.4 Å². The van der Waals surface area contributed by atoms with E-state index >= 15 is 0 Å². The van der Waals surface area contributed by atoms with E-state index in [1.54, 1.807) is 104 Å². The average Bonchev–Trinajstić information content (AvgIpc) is 1.54. The normalized spacial score (nSPS) is 15.5. The number of alkyl halides is 3. The lowest BCUT2D eigenvalue weighted by Crippen LogP contribution is -2.52. The van der Waals surface area contributed by atoms with Crippen LogP contribution in [0.2, 0.25) is 5.02 Å². The maximum Gasteiger partial charge on any atom is 0.416 e. The van der Waals surface area contributed by atoms with Gasteiger partial charge in [0.25, 0.3) is 36.0 Å². The number of para-hydroxylation sites is 2. The summed E-state index contributed by atoms with van der Waals surface area (Å²) < 4.78 is 145. The van der Waals surface area contributed by atoms with E-state index in [-0.39, 0.29) is 63.5 Å². The minimum atomic E-state index is -4.50. The summed E-state index contributed by atoms with van der Waals surface area (Å²) in [6.07, 6.45) is 4.59. The number of anilines is 5. The summed E-state index contributed by atoms with van der Waals surface area (Å²) in [5.41, 5.74) is 1.59. The Morgan fingerprint density at radius 2 is 1.11 bits per heavy atom. The highest BCUT2D eigenvalue weighted by molar-refractivity contribution is 7.93. The van der Waals surface area contributed by atoms with Crippen LogP contribution in [-0.4, -0.2) is 163 Å². The van der Waals surface area contributed by atoms with Crippen LogP contribution in [0.5, 0.6) is 5.75 Å². The number of aromatic nitrogens is 6. The lowest BCUT2D eigenvalue weighted by Gasteiger charge is -2.38. The Morgan fingerprint density at radius 3 is 1.64 bits per heavy atom. The molecule has 14 rings (SSSR count). The van der Waals surface area contributed by atoms with Gasteiger partial charge < -0.3 is 43.5 Å². The van der Waals surface area contributed by atoms with E-state index in [0.717, 1.165) is 39.8 Å². The molecule has 3 fully saturated rings. The first-order valence-corrected chi connectivity index (χ1v) is 40.0. The average molecular weight is 1590 g/mol. The summed E-state index contributed by atoms with van der Waals surface area (Å²) >= 11 is 8.73. The smallest absolute Gasteiger partial charge is 0.416 e. The van der Waals surface area contributed by atoms with Crippen LogP contribution < -0.4 is 28.7 Å². The minimum absolute atomic E-state index is 0. The zero-order chi connectivity index (χ0) is 75.8. The number of hydrogen-bond acceptors (Lipinski definition) is 19. The summed E-state index contributed by atoms with van der Waals surface area (Å²) in [6, 6.07) is 38.8. The maximum absolute atomic E-state index is 14.4. The second kappa shape index (κ2) is 32.5. The van der Waals surface area contributed by atoms with Crippen molar-refractivity contribution >= 4 is 131 Å². The van der Waals surface area contributed by atoms with Crippen molar-refractivity contribution in [1.82, 2.24) is 43.8 Å². The Balaban J connectivity index is 0.000000228. The van der Waals surface area contributed by atoms with Crippen molar-refractivity contribution in [3.63, 3.8) is 0 Å². The number of sulfonamides is 3. The molecular weight excluding hydrogens is 1510 g/mol. The minimum Gasteiger partial charge on any atom is -0.481 e. The number of nitrogens with zero attached hydrogens (tertiary/aromatic N) is 11. The quantitative estimate of drug-likeness (QED) is 0.0547. The molecule has 0 bridgehead atoms. The molecule has 0 spiro atoms. The number of piperazine rings is 2. The fourth-order valence-electron chi connectivity index (χ4n) is 12.6. The molecule has 2 atom stereocenters. The SMILES string of the molecule is CC(Oc1cccc(C(F)(F)F)c1)C(=O)N1CCN(c2ccc(S(=O)(=O)Nc3ccncn3)cc2)CC1.C[C@@H](C(=O)N1CCN(c2ccc(S(=O)(=O)Nc3nccs3)cc2)CC1)n1ccc2cccc(F)c21.O=C(Cn1ccc2cccc(Cl)c21)N1CCC(O)(c2ccc(S(=O)(=O)Nc3nccs3)cc2)CC1.[HH].[HH].[HH].[HH].[HH]. The van der Waals surface area contributed by atoms with Crippen molar-refractivity contribution in [3.8, 4) is 5.75 Å². The number of piperidine rings is 1. The fraction of sp³-hybridized carbons (Fsp3) is 0.264. The molecule has 570 valence electrons. The third kappa shape index (κ3) is 18.3. The number of fused-ring (bicyclic) bond motifs is 2. The number of carbonyl (C=O) groups is 3. The van der Waals surface area contributed by atoms with Crippen LogP contribution in [-0.2, 0) is 62.8 Å². The van der Waals surface area contributed by atoms with Gasteiger partial charge in [-0.2, -0.15) is 13.2 Å². The monoisotopic (exact) mass is 1590 g/mol. The van der Waals surface area contributed by atoms with E-state index in [9.17, 15) is 62.3 Å². The van der Waals surface area contributed by atoms with Crippen LogP contribution in [0.25, 0.3) is 21.8 Å². The molecule has 0 radical (unpaired) electrons. The van der Waals surface area contributed by atoms with Crippen LogP contribution in [0.3, 0.4) is 0 Å². The molecule has 0 aliphatic carbocycles. The number of rotatable bonds is 19. The Kier molecular flexibility index (Phi) is 23.2. The second-order valence-electron chi connectivity index (χ2n) is 25.1. The summed E-state index contributed by atoms with van der Waals surface area (Å²) in [4.78, 5) is 64.0. The molecule has 3 aliphatic rings. The Morgan fingerprint density at radius 1 is 0.598 bits per heavy atom. The van der Waals surface area contributed by atoms with Gasteiger partial charge in [-0.25, -0.2) is 49.6 Å². The van der Waals surface area contributed by atoms with Gasteiger partial charge >= 0.3 is 6.18 Å². The van der Waals surface area contributed by atoms with Crippen molar-refractivity contribution in [2.24, 2.45) is 0 Å². The van der Waals surface area contributed by atoms with E-state index in [2.05, 4.69) is 39.0 Å². The summed E-state index contributed by atoms with van der Waals surface area (Å²) in [5.74, 6) is -0.637. The standard InChI is InChI=1S/C24H23ClN4O4S2.C24H24F3N5O4S.C24H24FN5O3S2.5H2/c25-20-3-1-2-17-8-12-29(22(17)20)16-21(30)28-13-9-24(31,10-14-28)18-4-6-19(7-5-18)35(32,33)27-23-26-11-15-34-23;1-17(36-20-4-2-3-18(15-20)24(25,26)27)23(33)32-13-11-31(12-14-32)19-5-7-21(8-6-19)37(34,35)30-22-9-10-28-16-29-22;1-17(30-11-9-18-3-2-4-21(25)22(18)30)23(31)29-14-12-28(13-15-29)19-5-7-20(8-6-19)35(32,33)27-24-26-10-16-34-24;;;;;/h1-8,11-12,15,31H,9-10,13-14,16H2,(H,26,27);2-10,15-17H,11-14H2,1H3,(H,28,29,30);2-11,16-17H,12-15H2,1H3,(H,26,27);5*1H/t;;17-;;;;;/m..0...../s1. The van der Waals surface area contributed by atoms with Gasteiger partial charge in [0, 0.05) is 136 Å². The van der Waals surface area contributed by atoms with E-state index in [4.69, 9.17) is 16.3 Å². The number of amides is 3. The number of ether oxygens (including phenoxy) is 1. The van der Waals surface area contributed by atoms with Gasteiger partial charge in [-0.05, 0) is 141 Å². The zero-order valence-corrected chi connectivity index (χ0v) is 62.1. The molecule has 3 amide bonds. The van der Waals surface area contributed by atoms with Gasteiger partial charge in [-0.1, -0.05) is 54.1 Å². The van der Waals surface area contributed by atoms with Crippen molar-refractivity contribution in [2.45, 2.75) is 71.8 Å². The first-order chi connectivity index (χ1) is 51.1. The summed E-state index contributed by atoms with van der Waals surface area (Å²) in [7, 11) is -11.3. The first-order valence-electron chi connectivity index (χ1n) is 33.5. The highest BCUT2D eigenvalue weighted by atomic mass is 35.5. The summed E-state index contributed by atoms with van der Waals surface area (Å²) in [6.45, 7) is 8.28. The van der Waals surface area contributed by atoms with E-state index in [1.807, 2.05) is 46.0 Å². The van der Waals surface area contributed by atoms with Gasteiger partial charge in [0.05, 0.1) is 41.9 Å². The van der Waals surface area contributed by atoms with Gasteiger partial charge in [0.1, 0.15) is 36.3 Å². The molecule has 3 aliphatic heterocycles. The van der Waals surface area contributed by atoms with E-state index in [0.29, 0.717) is 105 Å². The molecule has 11 aromatic rings. The maximum atomic E-state index is 14.4. The third-order valence-corrected chi connectivity index (χ3v) is 24.3. The molecule has 1 unspecified atom stereocenters. The van der Waals surface area contributed by atoms with Crippen molar-refractivity contribution < 1.29 is 74.2 Å². The van der Waals surface area contributed by atoms with Crippen LogP contribution in [0.1, 0.15) is 51.0 Å². The van der Waals surface area contributed by atoms with Crippen LogP contribution >= 0.6 is 34.3 Å². The molecule has 3 saturated heterocycles. The van der Waals surface area contributed by atoms with Crippen molar-refractivity contribution in [3.05, 3.63) is 222 Å². The largest absolute Gasteiger partial charge is 0.481 e. The first kappa shape index (κ1) is 76.4. The highest BCUT2D eigenvalue weighted by Gasteiger charge is 2.37. The topological polar surface area (TPSA) is 297 Å². The number of likely N-dealkylation sites (tertiary alicyclic amines) is 1. The number of halogens is 5. The Hall–Kier alpha value is -10.2. The van der Waals surface area contributed by atoms with Gasteiger partial charge in [0.15, 0.2) is 16.4 Å². The Bertz CT molecular complexity index is 5310. The third-order valence-electron chi connectivity index (χ3n) is 18.3. The molecule has 6 aromatic carbocycles. The summed E-state index contributed by atoms with van der Waals surface area (Å²) in [5, 5.41) is 17.6. The van der Waals surface area contributed by atoms with Crippen molar-refractivity contribution in [1.29, 1.82) is 0 Å². The van der Waals surface area contributed by atoms with Gasteiger partial charge in [-0.15, -0.1) is 22.7 Å². The number of thiazole rings is 2. The lowest BCUT2D eigenvalue weighted by atomic mass is 9.84. The highest BCUT2D eigenvalue weighted by Crippen LogP contribution is 2.36. The van der Waals surface area contributed by atoms with E-state index in [1.165, 1.54) is 103 Å². The lowest BCUT2D eigenvalue weighted by molar-refractivity contribution is -0.139. The number of benzene rings is 6. The zero-order valence-electron chi connectivity index (χ0n) is 57.3. The second-order valence-corrected chi connectivity index (χ2v) is 32.4. The molecule has 5 aromatic heterocycles. The molecule has 0 saturated carbocycles. The number of hydrogen-bond donors (Lipinski definition) is 4. The van der Waals surface area contributed by atoms with Gasteiger partial charge in [0.2, 0.25) is 11.8 Å². The predicted octanol–water partition coefficient (Wildman–Crippen LogP) is 12.7. The fourth-order valence-corrected chi connectivity index (χ4v) is 17.4. The number of nitrogens with one attached hydrogen (secondary N) is 3. The van der Waals surface area contributed by atoms with E-state index < -0.39 is 59.6 Å². The molecular formula is C72H81ClF4N14O11S5. The number of carbonyl (C=O) groups excluding carboxylic acids is 3. The van der Waals surface area contributed by atoms with Crippen LogP contribution in [0.4, 0.5) is 45.0 Å². The molecule has 107 heavy (non-hydrogen) atoms. The Labute approximate surface area is 634 Å². The molecule has 25 nitrogen and oxygen atoms in total.